The molecule has 0 aliphatic heterocycles. The Morgan fingerprint density at radius 2 is 2.05 bits per heavy atom. The maximum absolute atomic E-state index is 11.4. The lowest BCUT2D eigenvalue weighted by atomic mass is 9.87. The van der Waals surface area contributed by atoms with Gasteiger partial charge in [0.2, 0.25) is 0 Å². The van der Waals surface area contributed by atoms with Crippen LogP contribution in [0, 0.1) is 12.8 Å². The molecule has 0 saturated heterocycles. The molecule has 0 spiro atoms. The number of carbonyl (C=O) groups is 1. The molecule has 1 aliphatic rings. The molecule has 2 aromatic rings. The van der Waals surface area contributed by atoms with Gasteiger partial charge in [0, 0.05) is 29.2 Å². The lowest BCUT2D eigenvalue weighted by Crippen LogP contribution is -2.09. The Balaban J connectivity index is 1.83. The van der Waals surface area contributed by atoms with Crippen molar-refractivity contribution in [2.45, 2.75) is 52.0 Å². The van der Waals surface area contributed by atoms with E-state index in [1.54, 1.807) is 0 Å². The molecule has 1 aromatic heterocycles. The Hall–Kier alpha value is -1.28. The zero-order valence-electron chi connectivity index (χ0n) is 12.6. The molecule has 2 nitrogen and oxygen atoms in total. The van der Waals surface area contributed by atoms with Crippen molar-refractivity contribution in [2.24, 2.45) is 5.92 Å². The van der Waals surface area contributed by atoms with Crippen molar-refractivity contribution in [3.05, 3.63) is 35.5 Å². The van der Waals surface area contributed by atoms with E-state index in [4.69, 9.17) is 11.6 Å². The van der Waals surface area contributed by atoms with E-state index in [0.717, 1.165) is 18.0 Å². The zero-order valence-corrected chi connectivity index (χ0v) is 13.3. The molecule has 0 N–H and O–H groups in total. The molecule has 1 heterocycles. The Morgan fingerprint density at radius 1 is 1.29 bits per heavy atom. The molecule has 112 valence electrons. The maximum atomic E-state index is 11.4. The molecule has 0 unspecified atom stereocenters. The minimum atomic E-state index is -0.380. The first-order chi connectivity index (χ1) is 10.1. The molecule has 3 heteroatoms. The topological polar surface area (TPSA) is 22.0 Å². The third-order valence-corrected chi connectivity index (χ3v) is 5.03. The molecule has 0 atom stereocenters. The number of hydrogen-bond donors (Lipinski definition) is 0. The first-order valence-electron chi connectivity index (χ1n) is 7.94. The summed E-state index contributed by atoms with van der Waals surface area (Å²) in [6, 6.07) is 5.76. The summed E-state index contributed by atoms with van der Waals surface area (Å²) >= 11 is 5.61. The van der Waals surface area contributed by atoms with Gasteiger partial charge in [-0.05, 0) is 48.6 Å². The molecule has 0 bridgehead atoms. The molecule has 1 saturated carbocycles. The highest BCUT2D eigenvalue weighted by atomic mass is 35.5. The van der Waals surface area contributed by atoms with Crippen LogP contribution in [-0.4, -0.2) is 9.81 Å². The van der Waals surface area contributed by atoms with E-state index in [9.17, 15) is 4.79 Å². The number of fused-ring (bicyclic) bond motifs is 1. The van der Waals surface area contributed by atoms with Crippen LogP contribution in [0.3, 0.4) is 0 Å². The summed E-state index contributed by atoms with van der Waals surface area (Å²) in [6.07, 6.45) is 10.4. The number of benzene rings is 1. The van der Waals surface area contributed by atoms with Crippen LogP contribution in [0.15, 0.2) is 24.4 Å². The minimum Gasteiger partial charge on any atom is -0.347 e. The van der Waals surface area contributed by atoms with Crippen LogP contribution in [0.25, 0.3) is 10.9 Å². The highest BCUT2D eigenvalue weighted by Crippen LogP contribution is 2.28. The average molecular weight is 304 g/mol. The first-order valence-corrected chi connectivity index (χ1v) is 8.32. The summed E-state index contributed by atoms with van der Waals surface area (Å²) in [5, 5.41) is 0.842. The van der Waals surface area contributed by atoms with E-state index in [2.05, 4.69) is 17.7 Å². The van der Waals surface area contributed by atoms with Crippen molar-refractivity contribution in [1.29, 1.82) is 0 Å². The molecule has 1 aliphatic carbocycles. The highest BCUT2D eigenvalue weighted by molar-refractivity contribution is 6.67. The fourth-order valence-electron chi connectivity index (χ4n) is 3.58. The maximum Gasteiger partial charge on any atom is 0.252 e. The summed E-state index contributed by atoms with van der Waals surface area (Å²) in [5.74, 6) is 0.870. The van der Waals surface area contributed by atoms with Crippen LogP contribution < -0.4 is 0 Å². The van der Waals surface area contributed by atoms with Gasteiger partial charge in [0.05, 0.1) is 0 Å². The van der Waals surface area contributed by atoms with E-state index in [1.807, 2.05) is 18.2 Å². The second kappa shape index (κ2) is 6.23. The molecule has 0 amide bonds. The summed E-state index contributed by atoms with van der Waals surface area (Å²) in [4.78, 5) is 11.4. The van der Waals surface area contributed by atoms with Crippen molar-refractivity contribution < 1.29 is 4.79 Å². The lowest BCUT2D eigenvalue weighted by Gasteiger charge is -2.21. The SMILES string of the molecule is Cc1cn(CCC2CCCCC2)c2cc(C(=O)Cl)ccc12. The van der Waals surface area contributed by atoms with Crippen LogP contribution in [0.2, 0.25) is 0 Å². The van der Waals surface area contributed by atoms with E-state index >= 15 is 0 Å². The molecular weight excluding hydrogens is 282 g/mol. The molecule has 3 rings (SSSR count). The van der Waals surface area contributed by atoms with E-state index in [-0.39, 0.29) is 5.24 Å². The van der Waals surface area contributed by atoms with Gasteiger partial charge in [-0.25, -0.2) is 0 Å². The number of nitrogens with zero attached hydrogens (tertiary/aromatic N) is 1. The van der Waals surface area contributed by atoms with Crippen LogP contribution in [0.5, 0.6) is 0 Å². The van der Waals surface area contributed by atoms with Gasteiger partial charge < -0.3 is 4.57 Å². The number of carbonyl (C=O) groups excluding carboxylic acids is 1. The standard InChI is InChI=1S/C18H22ClNO/c1-13-12-20(10-9-14-5-3-2-4-6-14)17-11-15(18(19)21)7-8-16(13)17/h7-8,11-12,14H,2-6,9-10H2,1H3. The van der Waals surface area contributed by atoms with Gasteiger partial charge in [-0.1, -0.05) is 38.2 Å². The van der Waals surface area contributed by atoms with Crippen LogP contribution in [-0.2, 0) is 6.54 Å². The molecule has 1 aromatic carbocycles. The summed E-state index contributed by atoms with van der Waals surface area (Å²) < 4.78 is 2.29. The van der Waals surface area contributed by atoms with Gasteiger partial charge >= 0.3 is 0 Å². The Labute approximate surface area is 131 Å². The number of aromatic nitrogens is 1. The van der Waals surface area contributed by atoms with Crippen LogP contribution in [0.4, 0.5) is 0 Å². The average Bonchev–Trinajstić information content (AvgIpc) is 2.82. The first kappa shape index (κ1) is 14.6. The predicted octanol–water partition coefficient (Wildman–Crippen LogP) is 5.30. The number of rotatable bonds is 4. The molecule has 0 radical (unpaired) electrons. The van der Waals surface area contributed by atoms with Crippen LogP contribution >= 0.6 is 11.6 Å². The summed E-state index contributed by atoms with van der Waals surface area (Å²) in [7, 11) is 0. The lowest BCUT2D eigenvalue weighted by molar-refractivity contribution is 0.108. The van der Waals surface area contributed by atoms with Crippen molar-refractivity contribution in [1.82, 2.24) is 4.57 Å². The van der Waals surface area contributed by atoms with Crippen molar-refractivity contribution in [3.8, 4) is 0 Å². The fraction of sp³-hybridized carbons (Fsp3) is 0.500. The smallest absolute Gasteiger partial charge is 0.252 e. The largest absolute Gasteiger partial charge is 0.347 e. The number of hydrogen-bond acceptors (Lipinski definition) is 1. The van der Waals surface area contributed by atoms with Crippen molar-refractivity contribution in [2.75, 3.05) is 0 Å². The van der Waals surface area contributed by atoms with Gasteiger partial charge in [-0.3, -0.25) is 4.79 Å². The van der Waals surface area contributed by atoms with Gasteiger partial charge in [0.15, 0.2) is 0 Å². The Bertz CT molecular complexity index is 653. The monoisotopic (exact) mass is 303 g/mol. The predicted molar refractivity (Wildman–Crippen MR) is 88.1 cm³/mol. The zero-order chi connectivity index (χ0) is 14.8. The second-order valence-electron chi connectivity index (χ2n) is 6.30. The van der Waals surface area contributed by atoms with Crippen molar-refractivity contribution >= 4 is 27.7 Å². The third kappa shape index (κ3) is 3.16. The van der Waals surface area contributed by atoms with Gasteiger partial charge in [-0.15, -0.1) is 0 Å². The fourth-order valence-corrected chi connectivity index (χ4v) is 3.70. The van der Waals surface area contributed by atoms with Gasteiger partial charge in [0.1, 0.15) is 0 Å². The van der Waals surface area contributed by atoms with E-state index in [0.29, 0.717) is 5.56 Å². The second-order valence-corrected chi connectivity index (χ2v) is 6.65. The Kier molecular flexibility index (Phi) is 4.34. The van der Waals surface area contributed by atoms with Crippen molar-refractivity contribution in [3.63, 3.8) is 0 Å². The number of aryl methyl sites for hydroxylation is 2. The number of halogens is 1. The normalized spacial score (nSPS) is 16.5. The summed E-state index contributed by atoms with van der Waals surface area (Å²) in [5.41, 5.74) is 2.98. The van der Waals surface area contributed by atoms with Gasteiger partial charge in [0.25, 0.3) is 5.24 Å². The van der Waals surface area contributed by atoms with Gasteiger partial charge in [-0.2, -0.15) is 0 Å². The minimum absolute atomic E-state index is 0.380. The van der Waals surface area contributed by atoms with Crippen LogP contribution in [0.1, 0.15) is 54.4 Å². The Morgan fingerprint density at radius 3 is 2.76 bits per heavy atom. The van der Waals surface area contributed by atoms with E-state index < -0.39 is 0 Å². The molecule has 1 fully saturated rings. The van der Waals surface area contributed by atoms with E-state index in [1.165, 1.54) is 49.5 Å². The quantitative estimate of drug-likeness (QED) is 0.703. The molecule has 21 heavy (non-hydrogen) atoms. The highest BCUT2D eigenvalue weighted by Gasteiger charge is 2.14. The summed E-state index contributed by atoms with van der Waals surface area (Å²) in [6.45, 7) is 3.16. The molecular formula is C18H22ClNO. The third-order valence-electron chi connectivity index (χ3n) is 4.81.